The quantitative estimate of drug-likeness (QED) is 0.154. The molecule has 14 rings (SSSR count). The summed E-state index contributed by atoms with van der Waals surface area (Å²) in [6.07, 6.45) is 49.5. The molecule has 8 aliphatic carbocycles. The molecule has 0 bridgehead atoms. The van der Waals surface area contributed by atoms with Crippen LogP contribution in [-0.4, -0.2) is 61.0 Å². The molecule has 0 aromatic heterocycles. The van der Waals surface area contributed by atoms with E-state index in [0.29, 0.717) is 0 Å². The Morgan fingerprint density at radius 1 is 0.313 bits per heavy atom. The Hall–Kier alpha value is -2.72. The number of allylic oxidation sites excluding steroid dienone is 32. The Morgan fingerprint density at radius 2 is 0.505 bits per heavy atom. The van der Waals surface area contributed by atoms with Gasteiger partial charge in [0.1, 0.15) is 0 Å². The van der Waals surface area contributed by atoms with Crippen molar-refractivity contribution in [3.8, 4) is 0 Å². The number of hydrogen-bond acceptors (Lipinski definition) is 0. The molecule has 2 fully saturated rings. The van der Waals surface area contributed by atoms with E-state index in [0.717, 1.165) is 20.1 Å². The summed E-state index contributed by atoms with van der Waals surface area (Å²) in [6.45, 7) is 48.3. The number of rotatable bonds is 8. The fourth-order valence-electron chi connectivity index (χ4n) is 25.5. The van der Waals surface area contributed by atoms with Gasteiger partial charge in [-0.05, 0) is 0 Å². The third-order valence-corrected chi connectivity index (χ3v) is 216. The van der Waals surface area contributed by atoms with Gasteiger partial charge in [0.25, 0.3) is 0 Å². The van der Waals surface area contributed by atoms with Gasteiger partial charge in [-0.3, -0.25) is 0 Å². The molecule has 2 saturated heterocycles. The molecule has 514 valence electrons. The first-order chi connectivity index (χ1) is 46.1. The first-order valence-electron chi connectivity index (χ1n) is 36.2. The number of fused-ring (bicyclic) bond motifs is 8. The summed E-state index contributed by atoms with van der Waals surface area (Å²) >= 11 is 15.8. The Kier molecular flexibility index (Phi) is 17.3. The molecule has 8 unspecified atom stereocenters. The van der Waals surface area contributed by atoms with E-state index in [1.54, 1.807) is 0 Å². The van der Waals surface area contributed by atoms with Crippen LogP contribution in [0, 0.1) is 27.7 Å². The zero-order valence-corrected chi connectivity index (χ0v) is 79.4. The minimum absolute atomic E-state index is 0.118. The summed E-state index contributed by atoms with van der Waals surface area (Å²) < 4.78 is -2.91. The van der Waals surface area contributed by atoms with Gasteiger partial charge >= 0.3 is 639 Å². The van der Waals surface area contributed by atoms with Gasteiger partial charge in [-0.2, -0.15) is 0 Å². The van der Waals surface area contributed by atoms with Crippen LogP contribution < -0.4 is 20.7 Å². The Morgan fingerprint density at radius 3 is 0.677 bits per heavy atom. The predicted molar refractivity (Wildman–Crippen MR) is 452 cm³/mol. The van der Waals surface area contributed by atoms with Crippen molar-refractivity contribution < 1.29 is 14.7 Å². The fraction of sp³-hybridized carbons (Fsp3) is 0.349. The number of halogens is 6. The van der Waals surface area contributed by atoms with Crippen LogP contribution in [0.2, 0.25) is 118 Å². The molecule has 0 amide bonds. The van der Waals surface area contributed by atoms with Gasteiger partial charge in [0, 0.05) is 0 Å². The summed E-state index contributed by atoms with van der Waals surface area (Å²) in [5.41, 5.74) is 26.2. The van der Waals surface area contributed by atoms with Crippen molar-refractivity contribution in [2.45, 2.75) is 177 Å². The van der Waals surface area contributed by atoms with Crippen LogP contribution in [0.25, 0.3) is 0 Å². The monoisotopic (exact) mass is 1780 g/mol. The second-order valence-electron chi connectivity index (χ2n) is 35.7. The van der Waals surface area contributed by atoms with E-state index in [4.69, 9.17) is 46.4 Å². The van der Waals surface area contributed by atoms with Gasteiger partial charge in [0.2, 0.25) is 0 Å². The van der Waals surface area contributed by atoms with E-state index in [9.17, 15) is 17.2 Å². The van der Waals surface area contributed by atoms with Crippen molar-refractivity contribution in [1.82, 2.24) is 0 Å². The van der Waals surface area contributed by atoms with Gasteiger partial charge < -0.3 is 0 Å². The summed E-state index contributed by atoms with van der Waals surface area (Å²) in [5, 5.41) is 8.81. The number of aryl methyl sites for hydroxylation is 4. The molecular weight excluding hydrogens is 1680 g/mol. The molecule has 2 heterocycles. The third-order valence-electron chi connectivity index (χ3n) is 26.8. The SMILES string of the molecule is CC1=CC2=C(C=CC=CC2c2cc(C)c([Si](C)(C)C)c(Cl)c2)[C]12[GeH]([CH3])[C]1(C(C)=CC3=C1C=CC=CC3c1cc(C)c([Si](C)(C)C)c(Cl)c1)[Hf]21([Cl])([Cl])[C]2(C(C)=CC3=C2C=CC=CC3c2cc(C)c([Si](C)(C)C)c(Cl)c2)[GeH]([CH3])[C]12C(C)=CC1=C2C=CC=CC1c1cc(C)c([Si](C)(C)C)c(Cl)c1. The zero-order valence-electron chi connectivity index (χ0n) is 62.4. The van der Waals surface area contributed by atoms with E-state index in [2.05, 4.69) is 316 Å². The number of hydrogen-bond donors (Lipinski definition) is 0. The van der Waals surface area contributed by atoms with Crippen molar-refractivity contribution in [3.05, 3.63) is 302 Å². The first kappa shape index (κ1) is 73.2. The topological polar surface area (TPSA) is 0 Å². The van der Waals surface area contributed by atoms with Crippen molar-refractivity contribution in [2.75, 3.05) is 0 Å². The average molecular weight is 1780 g/mol. The van der Waals surface area contributed by atoms with Gasteiger partial charge in [0.15, 0.2) is 0 Å². The van der Waals surface area contributed by atoms with E-state index in [-0.39, 0.29) is 23.7 Å². The standard InChI is InChI=1S/2C43H50Cl2GeSi2.2ClH.Hf/c2*1-26-22-36-32(30-20-28(3)42(38(44)24-30)47(6,7)8)16-12-14-18-34(36)40(26)46(5)41-27(2)23-37-33(17-13-15-19-35(37)41)31-21-29(4)43(39(45)25-31)48(9,10)11;;;/h2*12-25,32-33,46H,1-11H3;2*1H;/q;;;;+2/p-2. The molecule has 0 nitrogen and oxygen atoms in total. The van der Waals surface area contributed by atoms with E-state index < -0.39 is 83.7 Å². The Bertz CT molecular complexity index is 4250. The summed E-state index contributed by atoms with van der Waals surface area (Å²) in [5.74, 6) is 5.14. The molecule has 4 aromatic rings. The molecule has 8 atom stereocenters. The van der Waals surface area contributed by atoms with Crippen LogP contribution >= 0.6 is 63.6 Å². The molecule has 0 N–H and O–H groups in total. The van der Waals surface area contributed by atoms with Gasteiger partial charge in [-0.1, -0.05) is 0 Å². The number of benzene rings is 4. The zero-order chi connectivity index (χ0) is 71.8. The molecule has 10 aliphatic rings. The van der Waals surface area contributed by atoms with Crippen molar-refractivity contribution in [2.24, 2.45) is 0 Å². The Labute approximate surface area is 631 Å². The average Bonchev–Trinajstić information content (AvgIpc) is 1.52. The van der Waals surface area contributed by atoms with Crippen molar-refractivity contribution in [3.63, 3.8) is 0 Å². The summed E-state index contributed by atoms with van der Waals surface area (Å²) in [7, 11) is 15.9. The maximum absolute atomic E-state index is 11.7. The molecular formula is C86H100Cl6Ge2HfSi4. The van der Waals surface area contributed by atoms with Crippen molar-refractivity contribution in [1.29, 1.82) is 0 Å². The van der Waals surface area contributed by atoms with Crippen LogP contribution in [0.4, 0.5) is 0 Å². The van der Waals surface area contributed by atoms with E-state index in [1.165, 1.54) is 132 Å². The molecule has 5 spiro atoms. The molecule has 4 aromatic carbocycles. The molecule has 99 heavy (non-hydrogen) atoms. The van der Waals surface area contributed by atoms with Gasteiger partial charge in [0.05, 0.1) is 0 Å². The van der Waals surface area contributed by atoms with Gasteiger partial charge in [-0.15, -0.1) is 0 Å². The second kappa shape index (κ2) is 23.4. The van der Waals surface area contributed by atoms with Crippen LogP contribution in [0.3, 0.4) is 0 Å². The van der Waals surface area contributed by atoms with Crippen molar-refractivity contribution >= 4 is 145 Å². The van der Waals surface area contributed by atoms with E-state index in [1.807, 2.05) is 0 Å². The van der Waals surface area contributed by atoms with Gasteiger partial charge in [-0.25, -0.2) is 0 Å². The second-order valence-corrected chi connectivity index (χ2v) is 128. The molecule has 0 saturated carbocycles. The Balaban J connectivity index is 1.19. The maximum atomic E-state index is 11.7. The van der Waals surface area contributed by atoms with Crippen LogP contribution in [0.15, 0.2) is 237 Å². The summed E-state index contributed by atoms with van der Waals surface area (Å²) in [6, 6.07) is 19.2. The van der Waals surface area contributed by atoms with E-state index >= 15 is 0 Å². The minimum atomic E-state index is -7.96. The molecule has 2 aliphatic heterocycles. The molecule has 0 radical (unpaired) electrons. The predicted octanol–water partition coefficient (Wildman–Crippen LogP) is 24.7. The van der Waals surface area contributed by atoms with Crippen LogP contribution in [0.1, 0.15) is 95.9 Å². The van der Waals surface area contributed by atoms with Crippen LogP contribution in [-0.2, 0) is 14.7 Å². The normalized spacial score (nSPS) is 31.2. The first-order valence-corrected chi connectivity index (χ1v) is 77.5. The molecule has 13 heteroatoms. The summed E-state index contributed by atoms with van der Waals surface area (Å²) in [4.78, 5) is 0. The third kappa shape index (κ3) is 8.67. The van der Waals surface area contributed by atoms with Crippen LogP contribution in [0.5, 0.6) is 0 Å². The fourth-order valence-corrected chi connectivity index (χ4v) is 321.